The van der Waals surface area contributed by atoms with Gasteiger partial charge in [0, 0.05) is 37.9 Å². The third-order valence-corrected chi connectivity index (χ3v) is 3.69. The fraction of sp³-hybridized carbons (Fsp3) is 0.250. The minimum Gasteiger partial charge on any atom is -0.397 e. The quantitative estimate of drug-likeness (QED) is 0.874. The van der Waals surface area contributed by atoms with Crippen molar-refractivity contribution in [3.63, 3.8) is 0 Å². The minimum atomic E-state index is 0.0174. The number of urea groups is 1. The maximum atomic E-state index is 12.5. The van der Waals surface area contributed by atoms with Crippen molar-refractivity contribution in [3.8, 4) is 0 Å². The molecule has 0 radical (unpaired) electrons. The van der Waals surface area contributed by atoms with Crippen molar-refractivity contribution in [2.45, 2.75) is 6.42 Å². The lowest BCUT2D eigenvalue weighted by atomic mass is 10.2. The third-order valence-electron chi connectivity index (χ3n) is 3.69. The van der Waals surface area contributed by atoms with E-state index in [1.165, 1.54) is 0 Å². The van der Waals surface area contributed by atoms with Gasteiger partial charge in [-0.1, -0.05) is 18.2 Å². The largest absolute Gasteiger partial charge is 0.397 e. The van der Waals surface area contributed by atoms with Crippen molar-refractivity contribution in [3.05, 3.63) is 54.4 Å². The maximum Gasteiger partial charge on any atom is 0.324 e. The molecule has 5 heteroatoms. The van der Waals surface area contributed by atoms with Crippen LogP contribution < -0.4 is 10.6 Å². The molecule has 2 heterocycles. The number of pyridine rings is 1. The molecular weight excluding hydrogens is 264 g/mol. The molecule has 0 atom stereocenters. The molecule has 0 unspecified atom stereocenters. The average molecular weight is 282 g/mol. The van der Waals surface area contributed by atoms with Crippen LogP contribution in [0, 0.1) is 0 Å². The number of para-hydroxylation sites is 2. The monoisotopic (exact) mass is 282 g/mol. The van der Waals surface area contributed by atoms with Gasteiger partial charge in [0.1, 0.15) is 0 Å². The highest BCUT2D eigenvalue weighted by Gasteiger charge is 2.30. The number of nitrogen functional groups attached to an aromatic ring is 1. The van der Waals surface area contributed by atoms with E-state index in [2.05, 4.69) is 4.98 Å². The fourth-order valence-electron chi connectivity index (χ4n) is 2.54. The van der Waals surface area contributed by atoms with E-state index in [0.29, 0.717) is 18.8 Å². The standard InChI is InChI=1S/C16H18N4O/c17-14-6-1-2-7-15(14)20-12-11-19(16(20)21)10-8-13-5-3-4-9-18-13/h1-7,9H,8,10-12,17H2. The molecule has 3 rings (SSSR count). The molecule has 2 N–H and O–H groups in total. The zero-order valence-electron chi connectivity index (χ0n) is 11.8. The Labute approximate surface area is 124 Å². The Morgan fingerprint density at radius 3 is 2.67 bits per heavy atom. The Balaban J connectivity index is 1.65. The van der Waals surface area contributed by atoms with Gasteiger partial charge in [-0.3, -0.25) is 9.88 Å². The summed E-state index contributed by atoms with van der Waals surface area (Å²) in [6.45, 7) is 2.08. The van der Waals surface area contributed by atoms with Crippen molar-refractivity contribution in [2.75, 3.05) is 30.3 Å². The zero-order chi connectivity index (χ0) is 14.7. The smallest absolute Gasteiger partial charge is 0.324 e. The van der Waals surface area contributed by atoms with Gasteiger partial charge in [-0.05, 0) is 24.3 Å². The molecule has 108 valence electrons. The van der Waals surface area contributed by atoms with Crippen LogP contribution in [-0.2, 0) is 6.42 Å². The lowest BCUT2D eigenvalue weighted by molar-refractivity contribution is 0.221. The van der Waals surface area contributed by atoms with E-state index >= 15 is 0 Å². The number of amides is 2. The van der Waals surface area contributed by atoms with E-state index in [-0.39, 0.29) is 6.03 Å². The molecule has 1 aromatic carbocycles. The van der Waals surface area contributed by atoms with Gasteiger partial charge in [-0.2, -0.15) is 0 Å². The number of nitrogens with two attached hydrogens (primary N) is 1. The van der Waals surface area contributed by atoms with Crippen molar-refractivity contribution in [2.24, 2.45) is 0 Å². The number of benzene rings is 1. The van der Waals surface area contributed by atoms with Crippen molar-refractivity contribution in [1.29, 1.82) is 0 Å². The molecule has 2 amide bonds. The average Bonchev–Trinajstić information content (AvgIpc) is 2.88. The summed E-state index contributed by atoms with van der Waals surface area (Å²) >= 11 is 0. The Kier molecular flexibility index (Phi) is 3.73. The maximum absolute atomic E-state index is 12.5. The van der Waals surface area contributed by atoms with E-state index in [0.717, 1.165) is 24.3 Å². The van der Waals surface area contributed by atoms with Crippen LogP contribution in [0.25, 0.3) is 0 Å². The highest BCUT2D eigenvalue weighted by atomic mass is 16.2. The number of hydrogen-bond acceptors (Lipinski definition) is 3. The summed E-state index contributed by atoms with van der Waals surface area (Å²) in [6, 6.07) is 13.3. The first kappa shape index (κ1) is 13.4. The molecule has 1 saturated heterocycles. The van der Waals surface area contributed by atoms with Gasteiger partial charge < -0.3 is 10.6 Å². The number of carbonyl (C=O) groups is 1. The molecule has 2 aromatic rings. The first-order valence-electron chi connectivity index (χ1n) is 7.06. The van der Waals surface area contributed by atoms with Crippen LogP contribution >= 0.6 is 0 Å². The van der Waals surface area contributed by atoms with Crippen LogP contribution in [0.15, 0.2) is 48.7 Å². The number of carbonyl (C=O) groups excluding carboxylic acids is 1. The normalized spacial score (nSPS) is 14.8. The molecule has 1 aliphatic rings. The predicted octanol–water partition coefficient (Wildman–Crippen LogP) is 2.15. The molecule has 0 bridgehead atoms. The fourth-order valence-corrected chi connectivity index (χ4v) is 2.54. The first-order chi connectivity index (χ1) is 10.3. The van der Waals surface area contributed by atoms with Crippen molar-refractivity contribution >= 4 is 17.4 Å². The van der Waals surface area contributed by atoms with Gasteiger partial charge in [-0.15, -0.1) is 0 Å². The van der Waals surface area contributed by atoms with Gasteiger partial charge in [0.15, 0.2) is 0 Å². The number of hydrogen-bond donors (Lipinski definition) is 1. The molecule has 0 spiro atoms. The second-order valence-corrected chi connectivity index (χ2v) is 5.05. The SMILES string of the molecule is Nc1ccccc1N1CCN(CCc2ccccn2)C1=O. The van der Waals surface area contributed by atoms with Gasteiger partial charge in [0.05, 0.1) is 11.4 Å². The van der Waals surface area contributed by atoms with Gasteiger partial charge >= 0.3 is 6.03 Å². The lowest BCUT2D eigenvalue weighted by Crippen LogP contribution is -2.33. The molecule has 1 fully saturated rings. The van der Waals surface area contributed by atoms with Crippen LogP contribution in [0.3, 0.4) is 0 Å². The van der Waals surface area contributed by atoms with E-state index in [9.17, 15) is 4.79 Å². The van der Waals surface area contributed by atoms with Crippen LogP contribution in [0.4, 0.5) is 16.2 Å². The summed E-state index contributed by atoms with van der Waals surface area (Å²) in [5.74, 6) is 0. The van der Waals surface area contributed by atoms with E-state index in [4.69, 9.17) is 5.73 Å². The minimum absolute atomic E-state index is 0.0174. The second kappa shape index (κ2) is 5.83. The van der Waals surface area contributed by atoms with Crippen molar-refractivity contribution in [1.82, 2.24) is 9.88 Å². The summed E-state index contributed by atoms with van der Waals surface area (Å²) in [4.78, 5) is 20.3. The summed E-state index contributed by atoms with van der Waals surface area (Å²) in [5, 5.41) is 0. The Morgan fingerprint density at radius 1 is 1.10 bits per heavy atom. The van der Waals surface area contributed by atoms with E-state index in [1.807, 2.05) is 47.4 Å². The summed E-state index contributed by atoms with van der Waals surface area (Å²) < 4.78 is 0. The van der Waals surface area contributed by atoms with E-state index in [1.54, 1.807) is 11.1 Å². The van der Waals surface area contributed by atoms with Crippen LogP contribution in [-0.4, -0.2) is 35.5 Å². The molecular formula is C16H18N4O. The molecule has 21 heavy (non-hydrogen) atoms. The number of anilines is 2. The zero-order valence-corrected chi connectivity index (χ0v) is 11.8. The van der Waals surface area contributed by atoms with Gasteiger partial charge in [0.25, 0.3) is 0 Å². The predicted molar refractivity (Wildman–Crippen MR) is 83.1 cm³/mol. The Hall–Kier alpha value is -2.56. The number of aromatic nitrogens is 1. The summed E-state index contributed by atoms with van der Waals surface area (Å²) in [5.41, 5.74) is 8.38. The highest BCUT2D eigenvalue weighted by Crippen LogP contribution is 2.26. The van der Waals surface area contributed by atoms with Crippen molar-refractivity contribution < 1.29 is 4.79 Å². The molecule has 1 aliphatic heterocycles. The van der Waals surface area contributed by atoms with E-state index < -0.39 is 0 Å². The summed E-state index contributed by atoms with van der Waals surface area (Å²) in [7, 11) is 0. The molecule has 0 saturated carbocycles. The van der Waals surface area contributed by atoms with Crippen LogP contribution in [0.2, 0.25) is 0 Å². The number of rotatable bonds is 4. The Morgan fingerprint density at radius 2 is 1.90 bits per heavy atom. The lowest BCUT2D eigenvalue weighted by Gasteiger charge is -2.19. The Bertz CT molecular complexity index is 629. The molecule has 1 aromatic heterocycles. The molecule has 5 nitrogen and oxygen atoms in total. The van der Waals surface area contributed by atoms with Crippen LogP contribution in [0.1, 0.15) is 5.69 Å². The first-order valence-corrected chi connectivity index (χ1v) is 7.06. The second-order valence-electron chi connectivity index (χ2n) is 5.05. The van der Waals surface area contributed by atoms with Crippen LogP contribution in [0.5, 0.6) is 0 Å². The topological polar surface area (TPSA) is 62.5 Å². The van der Waals surface area contributed by atoms with Gasteiger partial charge in [0.2, 0.25) is 0 Å². The summed E-state index contributed by atoms with van der Waals surface area (Å²) in [6.07, 6.45) is 2.54. The highest BCUT2D eigenvalue weighted by molar-refractivity contribution is 5.97. The molecule has 0 aliphatic carbocycles. The third kappa shape index (κ3) is 2.81. The van der Waals surface area contributed by atoms with Gasteiger partial charge in [-0.25, -0.2) is 4.79 Å². The number of nitrogens with zero attached hydrogens (tertiary/aromatic N) is 3.